The van der Waals surface area contributed by atoms with Crippen molar-refractivity contribution in [3.63, 3.8) is 0 Å². The summed E-state index contributed by atoms with van der Waals surface area (Å²) in [6.45, 7) is 3.04. The lowest BCUT2D eigenvalue weighted by molar-refractivity contribution is -0.280. The number of methoxy groups -OCH3 is 2. The molecule has 3 aromatic rings. The fourth-order valence-corrected chi connectivity index (χ4v) is 10.2. The van der Waals surface area contributed by atoms with Crippen molar-refractivity contribution in [2.45, 2.75) is 68.1 Å². The van der Waals surface area contributed by atoms with Crippen LogP contribution in [0.1, 0.15) is 49.7 Å². The zero-order valence-corrected chi connectivity index (χ0v) is 24.1. The molecule has 6 unspecified atom stereocenters. The van der Waals surface area contributed by atoms with E-state index in [1.165, 1.54) is 36.9 Å². The van der Waals surface area contributed by atoms with E-state index >= 15 is 0 Å². The van der Waals surface area contributed by atoms with Crippen molar-refractivity contribution < 1.29 is 18.9 Å². The maximum absolute atomic E-state index is 7.16. The lowest BCUT2D eigenvalue weighted by Crippen LogP contribution is -2.81. The fraction of sp³-hybridized carbons (Fsp3) is 0.559. The summed E-state index contributed by atoms with van der Waals surface area (Å²) < 4.78 is 28.4. The lowest BCUT2D eigenvalue weighted by Gasteiger charge is -2.73. The summed E-state index contributed by atoms with van der Waals surface area (Å²) in [6.07, 6.45) is 13.9. The van der Waals surface area contributed by atoms with Crippen molar-refractivity contribution in [1.82, 2.24) is 14.5 Å². The van der Waals surface area contributed by atoms with Crippen LogP contribution in [-0.2, 0) is 16.6 Å². The quantitative estimate of drug-likeness (QED) is 0.383. The van der Waals surface area contributed by atoms with Crippen LogP contribution in [0.2, 0.25) is 0 Å². The molecule has 3 heterocycles. The van der Waals surface area contributed by atoms with Gasteiger partial charge in [0.2, 0.25) is 0 Å². The largest absolute Gasteiger partial charge is 0.493 e. The molecular weight excluding hydrogens is 514 g/mol. The van der Waals surface area contributed by atoms with Crippen molar-refractivity contribution >= 4 is 0 Å². The lowest BCUT2D eigenvalue weighted by atomic mass is 9.35. The molecule has 5 fully saturated rings. The fourth-order valence-electron chi connectivity index (χ4n) is 10.2. The summed E-state index contributed by atoms with van der Waals surface area (Å²) in [5, 5.41) is 0. The molecule has 5 aliphatic carbocycles. The van der Waals surface area contributed by atoms with E-state index in [1.54, 1.807) is 13.3 Å². The third-order valence-electron chi connectivity index (χ3n) is 12.1. The van der Waals surface area contributed by atoms with E-state index in [4.69, 9.17) is 18.9 Å². The van der Waals surface area contributed by atoms with E-state index in [2.05, 4.69) is 46.3 Å². The van der Waals surface area contributed by atoms with Gasteiger partial charge in [0, 0.05) is 60.1 Å². The predicted octanol–water partition coefficient (Wildman–Crippen LogP) is 5.18. The third-order valence-corrected chi connectivity index (χ3v) is 12.1. The van der Waals surface area contributed by atoms with Crippen LogP contribution < -0.4 is 14.2 Å². The first-order valence-corrected chi connectivity index (χ1v) is 15.5. The highest BCUT2D eigenvalue weighted by Gasteiger charge is 2.80. The highest BCUT2D eigenvalue weighted by Crippen LogP contribution is 2.76. The SMILES string of the molecule is COc1ccc2c3c1OC1C4(OC)CCC5(CC4COc4ccc(-n6ccnc6)cc4)C(C2)N(CC2CC2)CCC315. The summed E-state index contributed by atoms with van der Waals surface area (Å²) in [5.41, 5.74) is 3.76. The minimum Gasteiger partial charge on any atom is -0.493 e. The van der Waals surface area contributed by atoms with E-state index in [9.17, 15) is 0 Å². The van der Waals surface area contributed by atoms with E-state index in [1.807, 2.05) is 24.2 Å². The Morgan fingerprint density at radius 1 is 1.05 bits per heavy atom. The molecule has 4 saturated carbocycles. The van der Waals surface area contributed by atoms with Gasteiger partial charge in [0.05, 0.1) is 20.0 Å². The number of fused-ring (bicyclic) bond motifs is 2. The van der Waals surface area contributed by atoms with Gasteiger partial charge in [-0.3, -0.25) is 4.90 Å². The zero-order valence-electron chi connectivity index (χ0n) is 24.1. The molecule has 7 aliphatic rings. The van der Waals surface area contributed by atoms with Gasteiger partial charge in [-0.1, -0.05) is 6.07 Å². The number of hydrogen-bond acceptors (Lipinski definition) is 6. The second-order valence-corrected chi connectivity index (χ2v) is 13.5. The zero-order chi connectivity index (χ0) is 27.4. The number of benzene rings is 2. The van der Waals surface area contributed by atoms with E-state index in [-0.39, 0.29) is 28.5 Å². The van der Waals surface area contributed by atoms with Gasteiger partial charge >= 0.3 is 0 Å². The van der Waals surface area contributed by atoms with Gasteiger partial charge in [-0.05, 0) is 93.3 Å². The molecule has 10 rings (SSSR count). The van der Waals surface area contributed by atoms with Crippen LogP contribution >= 0.6 is 0 Å². The Hall–Kier alpha value is -3.03. The van der Waals surface area contributed by atoms with E-state index < -0.39 is 0 Å². The van der Waals surface area contributed by atoms with Gasteiger partial charge in [-0.25, -0.2) is 4.98 Å². The number of rotatable bonds is 8. The summed E-state index contributed by atoms with van der Waals surface area (Å²) in [6, 6.07) is 13.3. The molecule has 7 nitrogen and oxygen atoms in total. The number of aromatic nitrogens is 2. The van der Waals surface area contributed by atoms with Crippen LogP contribution in [0.3, 0.4) is 0 Å². The maximum atomic E-state index is 7.16. The molecule has 2 aliphatic heterocycles. The number of piperidine rings is 1. The van der Waals surface area contributed by atoms with Gasteiger partial charge in [-0.15, -0.1) is 0 Å². The molecule has 0 amide bonds. The average molecular weight is 554 g/mol. The summed E-state index contributed by atoms with van der Waals surface area (Å²) in [5.74, 6) is 3.90. The molecule has 1 saturated heterocycles. The monoisotopic (exact) mass is 553 g/mol. The third kappa shape index (κ3) is 3.09. The van der Waals surface area contributed by atoms with Gasteiger partial charge in [0.1, 0.15) is 17.5 Å². The number of hydrogen-bond donors (Lipinski definition) is 0. The van der Waals surface area contributed by atoms with Crippen LogP contribution in [0.4, 0.5) is 0 Å². The molecule has 7 heteroatoms. The average Bonchev–Trinajstić information content (AvgIpc) is 3.50. The molecule has 0 radical (unpaired) electrons. The van der Waals surface area contributed by atoms with Crippen molar-refractivity contribution in [1.29, 1.82) is 0 Å². The molecule has 41 heavy (non-hydrogen) atoms. The second kappa shape index (κ2) is 8.51. The minimum atomic E-state index is -0.389. The molecule has 1 aromatic heterocycles. The molecule has 0 N–H and O–H groups in total. The van der Waals surface area contributed by atoms with E-state index in [0.29, 0.717) is 12.6 Å². The first-order chi connectivity index (χ1) is 20.1. The molecule has 2 spiro atoms. The predicted molar refractivity (Wildman–Crippen MR) is 154 cm³/mol. The smallest absolute Gasteiger partial charge is 0.165 e. The Balaban J connectivity index is 1.10. The first-order valence-electron chi connectivity index (χ1n) is 15.5. The Labute approximate surface area is 241 Å². The molecule has 2 aromatic carbocycles. The number of nitrogens with zero attached hydrogens (tertiary/aromatic N) is 3. The van der Waals surface area contributed by atoms with Gasteiger partial charge in [0.15, 0.2) is 11.5 Å². The molecule has 6 atom stereocenters. The molecule has 214 valence electrons. The molecular formula is C34H39N3O4. The number of ether oxygens (including phenoxy) is 4. The van der Waals surface area contributed by atoms with Crippen molar-refractivity contribution in [2.75, 3.05) is 33.9 Å². The maximum Gasteiger partial charge on any atom is 0.165 e. The van der Waals surface area contributed by atoms with Crippen molar-refractivity contribution in [3.8, 4) is 22.9 Å². The summed E-state index contributed by atoms with van der Waals surface area (Å²) in [7, 11) is 3.69. The van der Waals surface area contributed by atoms with E-state index in [0.717, 1.165) is 61.1 Å². The second-order valence-electron chi connectivity index (χ2n) is 13.5. The first kappa shape index (κ1) is 24.6. The number of likely N-dealkylation sites (tertiary alicyclic amines) is 1. The Bertz CT molecular complexity index is 1490. The molecule has 4 bridgehead atoms. The van der Waals surface area contributed by atoms with Gasteiger partial charge in [-0.2, -0.15) is 0 Å². The normalized spacial score (nSPS) is 36.1. The highest BCUT2D eigenvalue weighted by molar-refractivity contribution is 5.63. The summed E-state index contributed by atoms with van der Waals surface area (Å²) >= 11 is 0. The van der Waals surface area contributed by atoms with Crippen LogP contribution in [0.5, 0.6) is 17.2 Å². The Morgan fingerprint density at radius 3 is 2.68 bits per heavy atom. The van der Waals surface area contributed by atoms with Gasteiger partial charge in [0.25, 0.3) is 0 Å². The van der Waals surface area contributed by atoms with Crippen LogP contribution in [0, 0.1) is 17.3 Å². The van der Waals surface area contributed by atoms with Crippen LogP contribution in [0.25, 0.3) is 5.69 Å². The van der Waals surface area contributed by atoms with Crippen molar-refractivity contribution in [2.24, 2.45) is 17.3 Å². The van der Waals surface area contributed by atoms with Crippen LogP contribution in [-0.4, -0.2) is 66.1 Å². The topological polar surface area (TPSA) is 58.0 Å². The summed E-state index contributed by atoms with van der Waals surface area (Å²) in [4.78, 5) is 7.06. The highest BCUT2D eigenvalue weighted by atomic mass is 16.6. The van der Waals surface area contributed by atoms with Crippen molar-refractivity contribution in [3.05, 3.63) is 66.2 Å². The number of imidazole rings is 1. The van der Waals surface area contributed by atoms with Crippen LogP contribution in [0.15, 0.2) is 55.1 Å². The Morgan fingerprint density at radius 2 is 1.93 bits per heavy atom. The standard InChI is InChI=1S/C34H39N3O4/c1-38-27-10-5-23-17-28-32-11-12-34(39-2,24(18-32)20-40-26-8-6-25(7-9-26)37-16-14-35-21-37)31-33(32,29(23)30(27)41-31)13-15-36(28)19-22-3-4-22/h5-10,14,16,21-22,24,28,31H,3-4,11-13,15,17-20H2,1-2H3. The minimum absolute atomic E-state index is 0.0179. The Kier molecular flexibility index (Phi) is 5.10. The van der Waals surface area contributed by atoms with Gasteiger partial charge < -0.3 is 23.5 Å².